The Labute approximate surface area is 549 Å². The molecule has 19 rings (SSSR count). The van der Waals surface area contributed by atoms with E-state index in [0.29, 0.717) is 61.1 Å². The van der Waals surface area contributed by atoms with Gasteiger partial charge in [0.05, 0.1) is 21.9 Å². The zero-order valence-corrected chi connectivity index (χ0v) is 49.1. The minimum Gasteiger partial charge on any atom is -0.456 e. The van der Waals surface area contributed by atoms with Gasteiger partial charge in [-0.05, 0) is 179 Å². The molecule has 2 heterocycles. The first-order valence-electron chi connectivity index (χ1n) is 38.2. The molecule has 0 amide bonds. The zero-order chi connectivity index (χ0) is 74.2. The molecule has 0 radical (unpaired) electrons. The molecule has 0 bridgehead atoms. The van der Waals surface area contributed by atoms with E-state index in [2.05, 4.69) is 32.0 Å². The van der Waals surface area contributed by atoms with Gasteiger partial charge in [-0.3, -0.25) is 0 Å². The fourth-order valence-electron chi connectivity index (χ4n) is 14.3. The van der Waals surface area contributed by atoms with E-state index >= 15 is 0 Å². The number of para-hydroxylation sites is 2. The van der Waals surface area contributed by atoms with E-state index < -0.39 is 48.3 Å². The van der Waals surface area contributed by atoms with Gasteiger partial charge in [-0.2, -0.15) is 0 Å². The normalized spacial score (nSPS) is 15.1. The molecule has 18 aromatic rings. The Kier molecular flexibility index (Phi) is 8.82. The number of benzene rings is 16. The van der Waals surface area contributed by atoms with Crippen molar-refractivity contribution < 1.29 is 30.8 Å². The molecule has 0 fully saturated rings. The van der Waals surface area contributed by atoms with Gasteiger partial charge in [0, 0.05) is 27.0 Å². The SMILES string of the molecule is [2H]c1c([2H])c([2H])c2c(-c3ccc4c(c3)C(C)(C)c3ccccc3-4)c3c([2H])c([2H])c([2H])c([2H])c3c(-c3ccc(-c4ccc5oc6ccccc6c5c4)cc3)c2c1[2H].[2H]c1c([2H])c([2H])c2c(-c3cccc4oc5ccccc5c34)c3c([2H])c([2H])c([2H])c([2H])c3c(-c3ccc(-c4ccccc4)c4ccccc34)c2c1[2H]. The van der Waals surface area contributed by atoms with Gasteiger partial charge in [0.15, 0.2) is 0 Å². The van der Waals surface area contributed by atoms with E-state index in [0.717, 1.165) is 77.0 Å². The van der Waals surface area contributed by atoms with E-state index in [1.807, 2.05) is 194 Å². The second-order valence-electron chi connectivity index (χ2n) is 23.7. The van der Waals surface area contributed by atoms with Crippen molar-refractivity contribution in [3.05, 3.63) is 326 Å². The fourth-order valence-corrected chi connectivity index (χ4v) is 14.3. The minimum atomic E-state index is -0.437. The van der Waals surface area contributed by atoms with Gasteiger partial charge in [-0.1, -0.05) is 293 Å². The van der Waals surface area contributed by atoms with Crippen LogP contribution < -0.4 is 0 Å². The molecule has 1 aliphatic carbocycles. The van der Waals surface area contributed by atoms with E-state index in [-0.39, 0.29) is 96.8 Å². The van der Waals surface area contributed by atoms with Crippen LogP contribution in [0.5, 0.6) is 0 Å². The minimum absolute atomic E-state index is 0.169. The predicted octanol–water partition coefficient (Wildman–Crippen LogP) is 25.2. The van der Waals surface area contributed by atoms with Gasteiger partial charge in [0.2, 0.25) is 0 Å². The van der Waals surface area contributed by atoms with Gasteiger partial charge in [0.1, 0.15) is 22.3 Å². The quantitative estimate of drug-likeness (QED) is 0.155. The highest BCUT2D eigenvalue weighted by molar-refractivity contribution is 6.28. The molecule has 1 aliphatic rings. The number of furan rings is 2. The molecule has 426 valence electrons. The monoisotopic (exact) mass is 1170 g/mol. The molecule has 16 aromatic carbocycles. The van der Waals surface area contributed by atoms with Crippen molar-refractivity contribution >= 4 is 97.7 Å². The summed E-state index contributed by atoms with van der Waals surface area (Å²) in [6.45, 7) is 4.30. The number of hydrogen-bond donors (Lipinski definition) is 0. The molecule has 0 saturated heterocycles. The Morgan fingerprint density at radius 3 is 1.31 bits per heavy atom. The summed E-state index contributed by atoms with van der Waals surface area (Å²) in [6, 6.07) is 64.5. The van der Waals surface area contributed by atoms with Crippen LogP contribution in [0.1, 0.15) is 46.9 Å². The third kappa shape index (κ3) is 8.26. The summed E-state index contributed by atoms with van der Waals surface area (Å²) in [5.74, 6) is 0. The number of fused-ring (bicyclic) bond motifs is 14. The van der Waals surface area contributed by atoms with Crippen molar-refractivity contribution in [2.45, 2.75) is 19.3 Å². The average Bonchev–Trinajstić information content (AvgIpc) is 0.747. The number of rotatable bonds is 6. The lowest BCUT2D eigenvalue weighted by Crippen LogP contribution is -2.14. The molecule has 0 unspecified atom stereocenters. The molecule has 0 N–H and O–H groups in total. The standard InChI is InChI=1S/C47H32O.C42H26O/c1-47(2)41-17-9-7-11-33(41)34-25-23-32(28-42(34)47)46-38-15-5-3-13-36(38)45(37-14-4-6-16-39(37)46)30-21-19-29(20-22-30)31-24-26-44-40(27-31)35-12-8-10-18-43(35)48-44;1-2-13-27(14-3-1)28-25-26-35(30-16-5-4-15-29(28)30)40-31-17-6-8-19-33(31)41(34-20-9-7-18-32(34)40)37-22-12-24-39-42(37)36-21-10-11-23-38(36)43-39/h3-28H,1-2H3;1-26H/i3D,4D,5D,6D,13D,14D,15D,16D;6D,7D,8D,9D,17D,18D,19D,20D. The van der Waals surface area contributed by atoms with Gasteiger partial charge in [-0.25, -0.2) is 0 Å². The molecular formula is C89H58O2. The van der Waals surface area contributed by atoms with Crippen LogP contribution in [0.25, 0.3) is 176 Å². The topological polar surface area (TPSA) is 26.3 Å². The van der Waals surface area contributed by atoms with Crippen LogP contribution in [0.3, 0.4) is 0 Å². The highest BCUT2D eigenvalue weighted by Crippen LogP contribution is 2.53. The van der Waals surface area contributed by atoms with Crippen LogP contribution >= 0.6 is 0 Å². The van der Waals surface area contributed by atoms with Crippen molar-refractivity contribution in [1.82, 2.24) is 0 Å². The summed E-state index contributed by atoms with van der Waals surface area (Å²) in [4.78, 5) is 0. The third-order valence-electron chi connectivity index (χ3n) is 18.5. The maximum absolute atomic E-state index is 9.42. The molecule has 2 aromatic heterocycles. The Hall–Kier alpha value is -11.6. The van der Waals surface area contributed by atoms with Gasteiger partial charge < -0.3 is 8.83 Å². The molecule has 91 heavy (non-hydrogen) atoms. The lowest BCUT2D eigenvalue weighted by atomic mass is 9.80. The summed E-state index contributed by atoms with van der Waals surface area (Å²) in [7, 11) is 0. The molecule has 0 spiro atoms. The fraction of sp³-hybridized carbons (Fsp3) is 0.0337. The molecule has 0 atom stereocenters. The highest BCUT2D eigenvalue weighted by atomic mass is 16.3. The first-order chi connectivity index (χ1) is 51.6. The Bertz CT molecular complexity index is 6820. The third-order valence-corrected chi connectivity index (χ3v) is 18.5. The lowest BCUT2D eigenvalue weighted by molar-refractivity contribution is 0.660. The van der Waals surface area contributed by atoms with Crippen LogP contribution in [0, 0.1) is 0 Å². The molecule has 0 saturated carbocycles. The van der Waals surface area contributed by atoms with Gasteiger partial charge in [0.25, 0.3) is 0 Å². The highest BCUT2D eigenvalue weighted by Gasteiger charge is 2.35. The summed E-state index contributed by atoms with van der Waals surface area (Å²) < 4.78 is 158. The largest absolute Gasteiger partial charge is 0.456 e. The Morgan fingerprint density at radius 2 is 0.659 bits per heavy atom. The van der Waals surface area contributed by atoms with E-state index in [9.17, 15) is 11.0 Å². The Balaban J connectivity index is 0.000000152. The van der Waals surface area contributed by atoms with Crippen molar-refractivity contribution in [1.29, 1.82) is 0 Å². The maximum atomic E-state index is 9.42. The van der Waals surface area contributed by atoms with Gasteiger partial charge in [-0.15, -0.1) is 0 Å². The van der Waals surface area contributed by atoms with E-state index in [1.54, 1.807) is 6.07 Å². The second kappa shape index (κ2) is 20.8. The summed E-state index contributed by atoms with van der Waals surface area (Å²) in [5.41, 5.74) is 14.2. The molecule has 0 aliphatic heterocycles. The Morgan fingerprint density at radius 1 is 0.242 bits per heavy atom. The zero-order valence-electron chi connectivity index (χ0n) is 65.1. The van der Waals surface area contributed by atoms with Crippen LogP contribution in [0.4, 0.5) is 0 Å². The summed E-state index contributed by atoms with van der Waals surface area (Å²) in [6.07, 6.45) is 0. The van der Waals surface area contributed by atoms with Gasteiger partial charge >= 0.3 is 0 Å². The molecule has 2 nitrogen and oxygen atoms in total. The lowest BCUT2D eigenvalue weighted by Gasteiger charge is -2.23. The van der Waals surface area contributed by atoms with Crippen LogP contribution in [-0.4, -0.2) is 0 Å². The van der Waals surface area contributed by atoms with E-state index in [4.69, 9.17) is 19.8 Å². The maximum Gasteiger partial charge on any atom is 0.136 e. The van der Waals surface area contributed by atoms with Crippen molar-refractivity contribution in [3.8, 4) is 77.9 Å². The first-order valence-corrected chi connectivity index (χ1v) is 30.2. The summed E-state index contributed by atoms with van der Waals surface area (Å²) in [5, 5.41) is 6.63. The molecular weight excluding hydrogens is 1100 g/mol. The van der Waals surface area contributed by atoms with Crippen LogP contribution in [0.2, 0.25) is 0 Å². The molecule has 2 heteroatoms. The predicted molar refractivity (Wildman–Crippen MR) is 385 cm³/mol. The average molecular weight is 1180 g/mol. The smallest absolute Gasteiger partial charge is 0.136 e. The second-order valence-corrected chi connectivity index (χ2v) is 23.7. The van der Waals surface area contributed by atoms with Crippen LogP contribution in [0.15, 0.2) is 324 Å². The van der Waals surface area contributed by atoms with Crippen molar-refractivity contribution in [2.24, 2.45) is 0 Å². The van der Waals surface area contributed by atoms with Crippen LogP contribution in [-0.2, 0) is 5.41 Å². The number of hydrogen-bond acceptors (Lipinski definition) is 2. The van der Waals surface area contributed by atoms with Crippen molar-refractivity contribution in [2.75, 3.05) is 0 Å². The van der Waals surface area contributed by atoms with E-state index in [1.165, 1.54) is 5.56 Å². The summed E-state index contributed by atoms with van der Waals surface area (Å²) >= 11 is 0. The van der Waals surface area contributed by atoms with Crippen molar-refractivity contribution in [3.63, 3.8) is 0 Å². The first kappa shape index (κ1) is 38.6.